The number of halogens is 1. The van der Waals surface area contributed by atoms with Crippen LogP contribution in [0.25, 0.3) is 0 Å². The third-order valence-electron chi connectivity index (χ3n) is 4.57. The molecule has 0 heterocycles. The van der Waals surface area contributed by atoms with Crippen molar-refractivity contribution >= 4 is 11.9 Å². The summed E-state index contributed by atoms with van der Waals surface area (Å²) in [6, 6.07) is 24.7. The van der Waals surface area contributed by atoms with Crippen molar-refractivity contribution in [1.82, 2.24) is 4.90 Å². The molecular weight excluding hydrogens is 369 g/mol. The fraction of sp³-hybridized carbons (Fsp3) is 0.167. The molecule has 0 saturated heterocycles. The lowest BCUT2D eigenvalue weighted by molar-refractivity contribution is -0.152. The number of rotatable bonds is 7. The van der Waals surface area contributed by atoms with Crippen LogP contribution in [0.4, 0.5) is 4.39 Å². The Labute approximate surface area is 169 Å². The van der Waals surface area contributed by atoms with Gasteiger partial charge >= 0.3 is 5.97 Å². The average Bonchev–Trinajstić information content (AvgIpc) is 2.74. The number of hydrogen-bond donors (Lipinski definition) is 0. The van der Waals surface area contributed by atoms with Crippen LogP contribution in [0.3, 0.4) is 0 Å². The molecule has 0 atom stereocenters. The molecule has 0 N–H and O–H groups in total. The highest BCUT2D eigenvalue weighted by Gasteiger charge is 2.25. The molecule has 0 saturated carbocycles. The maximum Gasteiger partial charge on any atom is 0.318 e. The van der Waals surface area contributed by atoms with E-state index >= 15 is 0 Å². The molecular formula is C24H22FNO3. The van der Waals surface area contributed by atoms with Crippen LogP contribution < -0.4 is 0 Å². The first-order chi connectivity index (χ1) is 14.0. The zero-order chi connectivity index (χ0) is 20.6. The first-order valence-corrected chi connectivity index (χ1v) is 9.29. The van der Waals surface area contributed by atoms with Crippen LogP contribution in [0, 0.1) is 5.82 Å². The molecule has 4 nitrogen and oxygen atoms in total. The summed E-state index contributed by atoms with van der Waals surface area (Å²) in [7, 11) is 1.59. The Morgan fingerprint density at radius 2 is 1.48 bits per heavy atom. The number of esters is 1. The summed E-state index contributed by atoms with van der Waals surface area (Å²) in [5.74, 6) is -1.82. The normalized spacial score (nSPS) is 10.6. The van der Waals surface area contributed by atoms with Crippen molar-refractivity contribution in [2.45, 2.75) is 12.5 Å². The van der Waals surface area contributed by atoms with Gasteiger partial charge in [0.2, 0.25) is 0 Å². The zero-order valence-corrected chi connectivity index (χ0v) is 16.1. The van der Waals surface area contributed by atoms with Gasteiger partial charge in [0, 0.05) is 13.6 Å². The lowest BCUT2D eigenvalue weighted by Crippen LogP contribution is -2.31. The summed E-state index contributed by atoms with van der Waals surface area (Å²) in [6.45, 7) is -0.143. The van der Waals surface area contributed by atoms with Gasteiger partial charge in [0.15, 0.2) is 6.61 Å². The Morgan fingerprint density at radius 1 is 0.897 bits per heavy atom. The molecule has 29 heavy (non-hydrogen) atoms. The molecule has 0 aliphatic rings. The number of ether oxygens (including phenoxy) is 1. The minimum Gasteiger partial charge on any atom is -0.455 e. The largest absolute Gasteiger partial charge is 0.455 e. The lowest BCUT2D eigenvalue weighted by Gasteiger charge is -2.20. The van der Waals surface area contributed by atoms with Crippen LogP contribution in [0.15, 0.2) is 84.9 Å². The topological polar surface area (TPSA) is 46.6 Å². The van der Waals surface area contributed by atoms with Gasteiger partial charge < -0.3 is 9.64 Å². The van der Waals surface area contributed by atoms with Gasteiger partial charge in [0.05, 0.1) is 0 Å². The van der Waals surface area contributed by atoms with E-state index in [1.807, 2.05) is 60.7 Å². The third kappa shape index (κ3) is 5.51. The van der Waals surface area contributed by atoms with Gasteiger partial charge in [-0.15, -0.1) is 0 Å². The Balaban J connectivity index is 1.66. The van der Waals surface area contributed by atoms with Crippen molar-refractivity contribution in [1.29, 1.82) is 0 Å². The van der Waals surface area contributed by atoms with E-state index < -0.39 is 11.9 Å². The summed E-state index contributed by atoms with van der Waals surface area (Å²) < 4.78 is 18.7. The number of amides is 1. The Kier molecular flexibility index (Phi) is 6.74. The second-order valence-corrected chi connectivity index (χ2v) is 6.74. The van der Waals surface area contributed by atoms with E-state index in [1.54, 1.807) is 19.2 Å². The average molecular weight is 391 g/mol. The predicted molar refractivity (Wildman–Crippen MR) is 109 cm³/mol. The third-order valence-corrected chi connectivity index (χ3v) is 4.57. The smallest absolute Gasteiger partial charge is 0.318 e. The minimum atomic E-state index is -0.612. The number of likely N-dealkylation sites (N-methyl/N-ethyl adjacent to an activating group) is 1. The van der Waals surface area contributed by atoms with E-state index in [0.717, 1.165) is 11.1 Å². The maximum atomic E-state index is 13.3. The van der Waals surface area contributed by atoms with Crippen LogP contribution in [0.1, 0.15) is 22.6 Å². The van der Waals surface area contributed by atoms with Gasteiger partial charge in [-0.25, -0.2) is 4.39 Å². The van der Waals surface area contributed by atoms with Crippen molar-refractivity contribution in [3.8, 4) is 0 Å². The van der Waals surface area contributed by atoms with Gasteiger partial charge in [-0.05, 0) is 28.8 Å². The van der Waals surface area contributed by atoms with Crippen LogP contribution in [0.2, 0.25) is 0 Å². The quantitative estimate of drug-likeness (QED) is 0.568. The molecule has 0 unspecified atom stereocenters. The SMILES string of the molecule is CN(Cc1cccc(F)c1)C(=O)COC(=O)C(c1ccccc1)c1ccccc1. The van der Waals surface area contributed by atoms with E-state index in [2.05, 4.69) is 0 Å². The summed E-state index contributed by atoms with van der Waals surface area (Å²) in [4.78, 5) is 26.6. The van der Waals surface area contributed by atoms with Crippen molar-refractivity contribution in [3.05, 3.63) is 107 Å². The first-order valence-electron chi connectivity index (χ1n) is 9.29. The van der Waals surface area contributed by atoms with Crippen molar-refractivity contribution < 1.29 is 18.7 Å². The molecule has 1 amide bonds. The van der Waals surface area contributed by atoms with Crippen LogP contribution in [-0.2, 0) is 20.9 Å². The lowest BCUT2D eigenvalue weighted by atomic mass is 9.91. The van der Waals surface area contributed by atoms with Gasteiger partial charge in [-0.2, -0.15) is 0 Å². The van der Waals surface area contributed by atoms with E-state index in [0.29, 0.717) is 5.56 Å². The Morgan fingerprint density at radius 3 is 2.03 bits per heavy atom. The Hall–Kier alpha value is -3.47. The highest BCUT2D eigenvalue weighted by Crippen LogP contribution is 2.26. The number of carbonyl (C=O) groups excluding carboxylic acids is 2. The molecule has 3 rings (SSSR count). The second kappa shape index (κ2) is 9.64. The predicted octanol–water partition coefficient (Wildman–Crippen LogP) is 4.16. The van der Waals surface area contributed by atoms with Crippen molar-refractivity contribution in [2.75, 3.05) is 13.7 Å². The van der Waals surface area contributed by atoms with Crippen molar-refractivity contribution in [2.24, 2.45) is 0 Å². The van der Waals surface area contributed by atoms with Gasteiger partial charge in [0.1, 0.15) is 11.7 Å². The molecule has 3 aromatic carbocycles. The van der Waals surface area contributed by atoms with E-state index in [4.69, 9.17) is 4.74 Å². The summed E-state index contributed by atoms with van der Waals surface area (Å²) in [5, 5.41) is 0. The number of hydrogen-bond acceptors (Lipinski definition) is 3. The fourth-order valence-corrected chi connectivity index (χ4v) is 3.08. The van der Waals surface area contributed by atoms with Crippen molar-refractivity contribution in [3.63, 3.8) is 0 Å². The van der Waals surface area contributed by atoms with Crippen LogP contribution >= 0.6 is 0 Å². The van der Waals surface area contributed by atoms with E-state index in [1.165, 1.54) is 17.0 Å². The summed E-state index contributed by atoms with van der Waals surface area (Å²) in [5.41, 5.74) is 2.26. The molecule has 0 aliphatic carbocycles. The maximum absolute atomic E-state index is 13.3. The zero-order valence-electron chi connectivity index (χ0n) is 16.1. The van der Waals surface area contributed by atoms with E-state index in [9.17, 15) is 14.0 Å². The monoisotopic (exact) mass is 391 g/mol. The molecule has 0 aliphatic heterocycles. The number of nitrogens with zero attached hydrogens (tertiary/aromatic N) is 1. The Bertz CT molecular complexity index is 921. The molecule has 0 fully saturated rings. The summed E-state index contributed by atoms with van der Waals surface area (Å²) in [6.07, 6.45) is 0. The van der Waals surface area contributed by atoms with Crippen LogP contribution in [-0.4, -0.2) is 30.4 Å². The van der Waals surface area contributed by atoms with Gasteiger partial charge in [0.25, 0.3) is 5.91 Å². The standard InChI is InChI=1S/C24H22FNO3/c1-26(16-18-9-8-14-21(25)15-18)22(27)17-29-24(28)23(19-10-4-2-5-11-19)20-12-6-3-7-13-20/h2-15,23H,16-17H2,1H3. The molecule has 148 valence electrons. The van der Waals surface area contributed by atoms with Crippen LogP contribution in [0.5, 0.6) is 0 Å². The number of benzene rings is 3. The summed E-state index contributed by atoms with van der Waals surface area (Å²) >= 11 is 0. The first kappa shape index (κ1) is 20.3. The van der Waals surface area contributed by atoms with E-state index in [-0.39, 0.29) is 24.9 Å². The minimum absolute atomic E-state index is 0.231. The highest BCUT2D eigenvalue weighted by atomic mass is 19.1. The highest BCUT2D eigenvalue weighted by molar-refractivity contribution is 5.85. The molecule has 0 radical (unpaired) electrons. The molecule has 0 spiro atoms. The number of carbonyl (C=O) groups is 2. The molecule has 3 aromatic rings. The second-order valence-electron chi connectivity index (χ2n) is 6.74. The fourth-order valence-electron chi connectivity index (χ4n) is 3.08. The molecule has 0 bridgehead atoms. The molecule has 5 heteroatoms. The van der Waals surface area contributed by atoms with Gasteiger partial charge in [-0.3, -0.25) is 9.59 Å². The van der Waals surface area contributed by atoms with Gasteiger partial charge in [-0.1, -0.05) is 72.8 Å². The molecule has 0 aromatic heterocycles.